The monoisotopic (exact) mass is 487 g/mol. The number of hydrogen-bond acceptors (Lipinski definition) is 5. The lowest BCUT2D eigenvalue weighted by Crippen LogP contribution is -2.31. The number of fused-ring (bicyclic) bond motifs is 1. The van der Waals surface area contributed by atoms with Crippen molar-refractivity contribution in [2.75, 3.05) is 12.0 Å². The van der Waals surface area contributed by atoms with Crippen molar-refractivity contribution in [1.82, 2.24) is 0 Å². The van der Waals surface area contributed by atoms with Crippen LogP contribution in [0.5, 0.6) is 5.75 Å². The maximum absolute atomic E-state index is 13.8. The van der Waals surface area contributed by atoms with E-state index in [1.165, 1.54) is 12.0 Å². The second kappa shape index (κ2) is 8.64. The highest BCUT2D eigenvalue weighted by molar-refractivity contribution is 6.31. The summed E-state index contributed by atoms with van der Waals surface area (Å²) in [4.78, 5) is 28.7. The van der Waals surface area contributed by atoms with Gasteiger partial charge in [-0.1, -0.05) is 59.6 Å². The van der Waals surface area contributed by atoms with Crippen LogP contribution in [0.15, 0.2) is 82.5 Å². The predicted molar refractivity (Wildman–Crippen MR) is 134 cm³/mol. The van der Waals surface area contributed by atoms with E-state index in [-0.39, 0.29) is 11.3 Å². The summed E-state index contributed by atoms with van der Waals surface area (Å²) < 4.78 is 11.2. The number of hydrogen-bond donors (Lipinski definition) is 1. The molecule has 0 bridgehead atoms. The highest BCUT2D eigenvalue weighted by Gasteiger charge is 2.45. The Morgan fingerprint density at radius 3 is 2.54 bits per heavy atom. The van der Waals surface area contributed by atoms with Crippen LogP contribution in [0.3, 0.4) is 0 Å². The number of para-hydroxylation sites is 1. The molecule has 6 nitrogen and oxygen atoms in total. The number of benzene rings is 3. The molecular weight excluding hydrogens is 466 g/mol. The van der Waals surface area contributed by atoms with Gasteiger partial charge in [0.1, 0.15) is 0 Å². The van der Waals surface area contributed by atoms with Gasteiger partial charge in [0.25, 0.3) is 5.91 Å². The number of ketones is 1. The molecule has 0 aliphatic carbocycles. The number of carbonyl (C=O) groups is 2. The number of furan rings is 1. The van der Waals surface area contributed by atoms with E-state index in [1.807, 2.05) is 56.3 Å². The van der Waals surface area contributed by atoms with E-state index in [0.29, 0.717) is 33.0 Å². The molecule has 0 saturated heterocycles. The van der Waals surface area contributed by atoms with Crippen molar-refractivity contribution < 1.29 is 23.8 Å². The molecule has 1 atom stereocenters. The van der Waals surface area contributed by atoms with Crippen molar-refractivity contribution in [3.63, 3.8) is 0 Å². The highest BCUT2D eigenvalue weighted by atomic mass is 35.5. The van der Waals surface area contributed by atoms with Crippen LogP contribution < -0.4 is 9.64 Å². The van der Waals surface area contributed by atoms with Crippen molar-refractivity contribution >= 4 is 39.9 Å². The summed E-state index contributed by atoms with van der Waals surface area (Å²) >= 11 is 6.17. The number of rotatable bonds is 5. The number of aliphatic hydroxyl groups is 1. The third-order valence-electron chi connectivity index (χ3n) is 6.18. The van der Waals surface area contributed by atoms with Gasteiger partial charge in [-0.05, 0) is 43.2 Å². The van der Waals surface area contributed by atoms with Crippen LogP contribution in [-0.2, 0) is 4.79 Å². The van der Waals surface area contributed by atoms with Gasteiger partial charge in [-0.15, -0.1) is 0 Å². The number of halogens is 1. The van der Waals surface area contributed by atoms with Crippen LogP contribution in [0.25, 0.3) is 11.0 Å². The molecule has 0 spiro atoms. The molecule has 2 heterocycles. The van der Waals surface area contributed by atoms with Crippen LogP contribution in [0.2, 0.25) is 5.02 Å². The second-order valence-corrected chi connectivity index (χ2v) is 8.94. The van der Waals surface area contributed by atoms with E-state index in [0.717, 1.165) is 11.1 Å². The zero-order valence-electron chi connectivity index (χ0n) is 19.3. The van der Waals surface area contributed by atoms with Crippen molar-refractivity contribution in [1.29, 1.82) is 0 Å². The van der Waals surface area contributed by atoms with Crippen LogP contribution in [0.4, 0.5) is 5.69 Å². The molecule has 5 rings (SSSR count). The Balaban J connectivity index is 1.69. The summed E-state index contributed by atoms with van der Waals surface area (Å²) in [7, 11) is 1.48. The lowest BCUT2D eigenvalue weighted by molar-refractivity contribution is -0.117. The zero-order chi connectivity index (χ0) is 24.9. The Hall–Kier alpha value is -4.03. The molecule has 1 N–H and O–H groups in total. The van der Waals surface area contributed by atoms with Gasteiger partial charge >= 0.3 is 0 Å². The Morgan fingerprint density at radius 1 is 1.06 bits per heavy atom. The SMILES string of the molecule is COc1cc(Cl)cc2cc(C(=O)C3=C(O)C(=O)N(c4ccccc4C)C3c3cccc(C)c3)oc12. The number of Topliss-reactive ketones (excluding diaryl/α,β-unsaturated/α-hetero) is 1. The van der Waals surface area contributed by atoms with Crippen LogP contribution in [-0.4, -0.2) is 23.9 Å². The molecule has 3 aromatic carbocycles. The number of amides is 1. The van der Waals surface area contributed by atoms with Gasteiger partial charge in [-0.3, -0.25) is 14.5 Å². The smallest absolute Gasteiger partial charge is 0.294 e. The van der Waals surface area contributed by atoms with Crippen molar-refractivity contribution in [3.05, 3.63) is 106 Å². The Morgan fingerprint density at radius 2 is 1.83 bits per heavy atom. The van der Waals surface area contributed by atoms with E-state index < -0.39 is 23.5 Å². The van der Waals surface area contributed by atoms with Gasteiger partial charge in [0.15, 0.2) is 22.9 Å². The van der Waals surface area contributed by atoms with Crippen LogP contribution >= 0.6 is 11.6 Å². The van der Waals surface area contributed by atoms with E-state index in [2.05, 4.69) is 0 Å². The van der Waals surface area contributed by atoms with Gasteiger partial charge < -0.3 is 14.3 Å². The summed E-state index contributed by atoms with van der Waals surface area (Å²) in [5.74, 6) is -1.49. The molecule has 1 aliphatic heterocycles. The summed E-state index contributed by atoms with van der Waals surface area (Å²) in [5, 5.41) is 12.0. The minimum absolute atomic E-state index is 0.0285. The number of carbonyl (C=O) groups excluding carboxylic acids is 2. The molecule has 176 valence electrons. The highest BCUT2D eigenvalue weighted by Crippen LogP contribution is 2.44. The summed E-state index contributed by atoms with van der Waals surface area (Å²) in [6, 6.07) is 18.8. The first kappa shape index (κ1) is 22.7. The quantitative estimate of drug-likeness (QED) is 0.325. The summed E-state index contributed by atoms with van der Waals surface area (Å²) in [6.07, 6.45) is 0. The fourth-order valence-electron chi connectivity index (χ4n) is 4.56. The fraction of sp³-hybridized carbons (Fsp3) is 0.143. The molecule has 0 fully saturated rings. The molecule has 0 saturated carbocycles. The van der Waals surface area contributed by atoms with Gasteiger partial charge in [-0.25, -0.2) is 0 Å². The topological polar surface area (TPSA) is 80.0 Å². The molecule has 1 amide bonds. The van der Waals surface area contributed by atoms with Gasteiger partial charge in [-0.2, -0.15) is 0 Å². The third-order valence-corrected chi connectivity index (χ3v) is 6.39. The first-order valence-electron chi connectivity index (χ1n) is 11.0. The standard InChI is InChI=1S/C28H22ClNO5/c1-15-7-6-9-17(11-15)24-23(26(32)28(33)30(24)20-10-5-4-8-16(20)2)25(31)21-13-18-12-19(29)14-22(34-3)27(18)35-21/h4-14,24,32H,1-3H3. The molecule has 4 aromatic rings. The van der Waals surface area contributed by atoms with E-state index in [9.17, 15) is 14.7 Å². The molecule has 1 unspecified atom stereocenters. The molecular formula is C28H22ClNO5. The second-order valence-electron chi connectivity index (χ2n) is 8.51. The fourth-order valence-corrected chi connectivity index (χ4v) is 4.77. The molecule has 0 radical (unpaired) electrons. The van der Waals surface area contributed by atoms with E-state index >= 15 is 0 Å². The first-order chi connectivity index (χ1) is 16.8. The minimum atomic E-state index is -0.838. The third kappa shape index (κ3) is 3.76. The summed E-state index contributed by atoms with van der Waals surface area (Å²) in [5.41, 5.74) is 3.41. The molecule has 7 heteroatoms. The van der Waals surface area contributed by atoms with Crippen molar-refractivity contribution in [3.8, 4) is 5.75 Å². The lowest BCUT2D eigenvalue weighted by atomic mass is 9.93. The average molecular weight is 488 g/mol. The van der Waals surface area contributed by atoms with E-state index in [1.54, 1.807) is 24.3 Å². The molecule has 35 heavy (non-hydrogen) atoms. The molecule has 1 aliphatic rings. The minimum Gasteiger partial charge on any atom is -0.503 e. The Kier molecular flexibility index (Phi) is 5.61. The largest absolute Gasteiger partial charge is 0.503 e. The maximum atomic E-state index is 13.8. The zero-order valence-corrected chi connectivity index (χ0v) is 20.1. The first-order valence-corrected chi connectivity index (χ1v) is 11.4. The average Bonchev–Trinajstić information content (AvgIpc) is 3.37. The maximum Gasteiger partial charge on any atom is 0.294 e. The van der Waals surface area contributed by atoms with Gasteiger partial charge in [0.05, 0.1) is 18.7 Å². The number of nitrogens with zero attached hydrogens (tertiary/aromatic N) is 1. The summed E-state index contributed by atoms with van der Waals surface area (Å²) in [6.45, 7) is 3.81. The van der Waals surface area contributed by atoms with Crippen LogP contribution in [0, 0.1) is 13.8 Å². The van der Waals surface area contributed by atoms with Gasteiger partial charge in [0.2, 0.25) is 5.78 Å². The number of aryl methyl sites for hydroxylation is 2. The van der Waals surface area contributed by atoms with Gasteiger partial charge in [0, 0.05) is 22.2 Å². The number of ether oxygens (including phenoxy) is 1. The van der Waals surface area contributed by atoms with Crippen LogP contribution in [0.1, 0.15) is 33.3 Å². The molecule has 1 aromatic heterocycles. The Labute approximate surface area is 207 Å². The van der Waals surface area contributed by atoms with E-state index in [4.69, 9.17) is 20.8 Å². The predicted octanol–water partition coefficient (Wildman–Crippen LogP) is 6.49. The normalized spacial score (nSPS) is 15.8. The number of aliphatic hydroxyl groups excluding tert-OH is 1. The number of methoxy groups -OCH3 is 1. The van der Waals surface area contributed by atoms with Crippen molar-refractivity contribution in [2.45, 2.75) is 19.9 Å². The number of anilines is 1. The van der Waals surface area contributed by atoms with Crippen molar-refractivity contribution in [2.24, 2.45) is 0 Å². The Bertz CT molecular complexity index is 1530. The lowest BCUT2D eigenvalue weighted by Gasteiger charge is -2.28.